The Labute approximate surface area is 172 Å². The second-order valence-corrected chi connectivity index (χ2v) is 8.24. The molecule has 162 valence electrons. The number of pyridine rings is 1. The zero-order valence-electron chi connectivity index (χ0n) is 17.6. The summed E-state index contributed by atoms with van der Waals surface area (Å²) < 4.78 is 10.6. The molecule has 0 spiro atoms. The van der Waals surface area contributed by atoms with Crippen LogP contribution < -0.4 is 10.6 Å². The molecule has 0 fully saturated rings. The Kier molecular flexibility index (Phi) is 8.70. The Morgan fingerprint density at radius 2 is 2.07 bits per heavy atom. The monoisotopic (exact) mass is 407 g/mol. The van der Waals surface area contributed by atoms with Crippen molar-refractivity contribution in [3.63, 3.8) is 0 Å². The Balaban J connectivity index is 1.60. The molecular weight excluding hydrogens is 374 g/mol. The van der Waals surface area contributed by atoms with E-state index in [0.29, 0.717) is 6.61 Å². The first-order valence-corrected chi connectivity index (χ1v) is 10.3. The zero-order chi connectivity index (χ0) is 21.3. The molecule has 1 aliphatic rings. The van der Waals surface area contributed by atoms with Gasteiger partial charge in [-0.3, -0.25) is 0 Å². The van der Waals surface area contributed by atoms with Gasteiger partial charge in [-0.2, -0.15) is 0 Å². The SMILES string of the molecule is CC(C)(C)OC(=O)N[C@@H](CCOCCCCc1ccc2c(n1)NCCC2)C(=O)O. The minimum absolute atomic E-state index is 0.187. The predicted octanol–water partition coefficient (Wildman–Crippen LogP) is 3.15. The number of carbonyl (C=O) groups is 2. The number of alkyl carbamates (subject to hydrolysis) is 1. The Morgan fingerprint density at radius 1 is 1.28 bits per heavy atom. The summed E-state index contributed by atoms with van der Waals surface area (Å²) in [7, 11) is 0. The third-order valence-corrected chi connectivity index (χ3v) is 4.46. The van der Waals surface area contributed by atoms with Crippen LogP contribution in [0.1, 0.15) is 57.7 Å². The maximum absolute atomic E-state index is 11.7. The molecule has 0 saturated carbocycles. The molecule has 1 amide bonds. The van der Waals surface area contributed by atoms with E-state index in [1.54, 1.807) is 20.8 Å². The highest BCUT2D eigenvalue weighted by atomic mass is 16.6. The van der Waals surface area contributed by atoms with Crippen LogP contribution >= 0.6 is 0 Å². The lowest BCUT2D eigenvalue weighted by Crippen LogP contribution is -2.44. The van der Waals surface area contributed by atoms with Crippen LogP contribution in [0.2, 0.25) is 0 Å². The van der Waals surface area contributed by atoms with Gasteiger partial charge in [0.1, 0.15) is 17.5 Å². The van der Waals surface area contributed by atoms with E-state index >= 15 is 0 Å². The van der Waals surface area contributed by atoms with Gasteiger partial charge in [0.25, 0.3) is 0 Å². The molecule has 2 rings (SSSR count). The number of nitrogens with zero attached hydrogens (tertiary/aromatic N) is 1. The minimum atomic E-state index is -1.11. The Bertz CT molecular complexity index is 687. The summed E-state index contributed by atoms with van der Waals surface area (Å²) in [5.41, 5.74) is 1.69. The fourth-order valence-corrected chi connectivity index (χ4v) is 3.03. The van der Waals surface area contributed by atoms with Gasteiger partial charge in [-0.05, 0) is 64.5 Å². The lowest BCUT2D eigenvalue weighted by molar-refractivity contribution is -0.140. The van der Waals surface area contributed by atoms with E-state index in [4.69, 9.17) is 9.47 Å². The highest BCUT2D eigenvalue weighted by molar-refractivity contribution is 5.79. The van der Waals surface area contributed by atoms with E-state index in [0.717, 1.165) is 50.2 Å². The van der Waals surface area contributed by atoms with Crippen LogP contribution in [0, 0.1) is 0 Å². The van der Waals surface area contributed by atoms with Crippen LogP contribution in [-0.4, -0.2) is 53.6 Å². The molecule has 1 aromatic rings. The van der Waals surface area contributed by atoms with Gasteiger partial charge in [0.15, 0.2) is 0 Å². The first-order valence-electron chi connectivity index (χ1n) is 10.3. The van der Waals surface area contributed by atoms with E-state index < -0.39 is 23.7 Å². The molecule has 2 heterocycles. The third-order valence-electron chi connectivity index (χ3n) is 4.46. The van der Waals surface area contributed by atoms with Crippen molar-refractivity contribution < 1.29 is 24.2 Å². The number of nitrogens with one attached hydrogen (secondary N) is 2. The summed E-state index contributed by atoms with van der Waals surface area (Å²) in [6.45, 7) is 6.96. The van der Waals surface area contributed by atoms with E-state index in [1.165, 1.54) is 5.56 Å². The van der Waals surface area contributed by atoms with E-state index in [9.17, 15) is 14.7 Å². The van der Waals surface area contributed by atoms with Crippen molar-refractivity contribution in [2.45, 2.75) is 70.9 Å². The highest BCUT2D eigenvalue weighted by Gasteiger charge is 2.23. The van der Waals surface area contributed by atoms with Crippen LogP contribution in [0.5, 0.6) is 0 Å². The topological polar surface area (TPSA) is 110 Å². The van der Waals surface area contributed by atoms with Crippen molar-refractivity contribution in [3.8, 4) is 0 Å². The number of amides is 1. The Morgan fingerprint density at radius 3 is 2.79 bits per heavy atom. The highest BCUT2D eigenvalue weighted by Crippen LogP contribution is 2.20. The third kappa shape index (κ3) is 8.68. The molecule has 0 aromatic carbocycles. The van der Waals surface area contributed by atoms with Gasteiger partial charge in [0.2, 0.25) is 0 Å². The number of aryl methyl sites for hydroxylation is 2. The van der Waals surface area contributed by atoms with Gasteiger partial charge in [-0.15, -0.1) is 0 Å². The van der Waals surface area contributed by atoms with Crippen LogP contribution in [0.4, 0.5) is 10.6 Å². The summed E-state index contributed by atoms with van der Waals surface area (Å²) in [6, 6.07) is 3.22. The molecule has 1 aliphatic heterocycles. The van der Waals surface area contributed by atoms with Crippen LogP contribution in [0.3, 0.4) is 0 Å². The smallest absolute Gasteiger partial charge is 0.408 e. The lowest BCUT2D eigenvalue weighted by Gasteiger charge is -2.22. The second kappa shape index (κ2) is 11.0. The van der Waals surface area contributed by atoms with Gasteiger partial charge in [0.05, 0.1) is 0 Å². The number of carboxylic acids is 1. The van der Waals surface area contributed by atoms with Crippen molar-refractivity contribution in [1.82, 2.24) is 10.3 Å². The summed E-state index contributed by atoms with van der Waals surface area (Å²) in [5.74, 6) is -0.0891. The molecule has 8 heteroatoms. The van der Waals surface area contributed by atoms with Gasteiger partial charge in [-0.25, -0.2) is 14.6 Å². The Hall–Kier alpha value is -2.35. The van der Waals surface area contributed by atoms with E-state index in [2.05, 4.69) is 27.8 Å². The van der Waals surface area contributed by atoms with Crippen molar-refractivity contribution in [1.29, 1.82) is 0 Å². The normalized spacial score (nSPS) is 14.4. The zero-order valence-corrected chi connectivity index (χ0v) is 17.6. The van der Waals surface area contributed by atoms with Gasteiger partial charge >= 0.3 is 12.1 Å². The van der Waals surface area contributed by atoms with Gasteiger partial charge in [0, 0.05) is 31.9 Å². The predicted molar refractivity (Wildman–Crippen MR) is 110 cm³/mol. The van der Waals surface area contributed by atoms with Crippen molar-refractivity contribution in [2.75, 3.05) is 25.1 Å². The quantitative estimate of drug-likeness (QED) is 0.511. The molecule has 0 saturated heterocycles. The molecule has 29 heavy (non-hydrogen) atoms. The molecule has 0 bridgehead atoms. The summed E-state index contributed by atoms with van der Waals surface area (Å²) in [6.07, 6.45) is 4.39. The number of fused-ring (bicyclic) bond motifs is 1. The molecule has 1 atom stereocenters. The summed E-state index contributed by atoms with van der Waals surface area (Å²) >= 11 is 0. The van der Waals surface area contributed by atoms with Crippen LogP contribution in [0.25, 0.3) is 0 Å². The number of hydrogen-bond acceptors (Lipinski definition) is 6. The van der Waals surface area contributed by atoms with Crippen molar-refractivity contribution in [2.24, 2.45) is 0 Å². The van der Waals surface area contributed by atoms with Crippen LogP contribution in [0.15, 0.2) is 12.1 Å². The molecule has 8 nitrogen and oxygen atoms in total. The molecule has 0 radical (unpaired) electrons. The van der Waals surface area contributed by atoms with Crippen LogP contribution in [-0.2, 0) is 27.1 Å². The van der Waals surface area contributed by atoms with Crippen molar-refractivity contribution in [3.05, 3.63) is 23.4 Å². The molecule has 3 N–H and O–H groups in total. The lowest BCUT2D eigenvalue weighted by atomic mass is 10.1. The summed E-state index contributed by atoms with van der Waals surface area (Å²) in [5, 5.41) is 14.9. The first kappa shape index (κ1) is 22.9. The average Bonchev–Trinajstić information content (AvgIpc) is 2.64. The number of carboxylic acid groups (broad SMARTS) is 1. The number of unbranched alkanes of at least 4 members (excludes halogenated alkanes) is 1. The fourth-order valence-electron chi connectivity index (χ4n) is 3.03. The molecular formula is C21H33N3O5. The second-order valence-electron chi connectivity index (χ2n) is 8.24. The number of aromatic nitrogens is 1. The maximum Gasteiger partial charge on any atom is 0.408 e. The van der Waals surface area contributed by atoms with Crippen molar-refractivity contribution >= 4 is 17.9 Å². The standard InChI is InChI=1S/C21H33N3O5/c1-21(2,3)29-20(27)24-17(19(25)26)11-14-28-13-5-4-8-16-10-9-15-7-6-12-22-18(15)23-16/h9-10,17H,4-8,11-14H2,1-3H3,(H,22,23)(H,24,27)(H,25,26)/t17-/m0/s1. The van der Waals surface area contributed by atoms with E-state index in [1.807, 2.05) is 0 Å². The molecule has 1 aromatic heterocycles. The largest absolute Gasteiger partial charge is 0.480 e. The fraction of sp³-hybridized carbons (Fsp3) is 0.667. The number of anilines is 1. The summed E-state index contributed by atoms with van der Waals surface area (Å²) in [4.78, 5) is 27.7. The number of carbonyl (C=O) groups excluding carboxylic acids is 1. The molecule has 0 aliphatic carbocycles. The van der Waals surface area contributed by atoms with E-state index in [-0.39, 0.29) is 13.0 Å². The minimum Gasteiger partial charge on any atom is -0.480 e. The van der Waals surface area contributed by atoms with Gasteiger partial charge < -0.3 is 25.2 Å². The first-order chi connectivity index (χ1) is 13.7. The van der Waals surface area contributed by atoms with Gasteiger partial charge in [-0.1, -0.05) is 6.07 Å². The number of hydrogen-bond donors (Lipinski definition) is 3. The maximum atomic E-state index is 11.7. The average molecular weight is 408 g/mol. The molecule has 0 unspecified atom stereocenters. The number of rotatable bonds is 10. The number of ether oxygens (including phenoxy) is 2. The number of aliphatic carboxylic acids is 1.